The molecule has 2 aliphatic heterocycles. The summed E-state index contributed by atoms with van der Waals surface area (Å²) in [6.45, 7) is 1.51. The Balaban J connectivity index is 1.99. The van der Waals surface area contributed by atoms with Crippen molar-refractivity contribution in [3.63, 3.8) is 0 Å². The maximum atomic E-state index is 13.8. The Morgan fingerprint density at radius 3 is 2.83 bits per heavy atom. The zero-order valence-corrected chi connectivity index (χ0v) is 15.9. The number of nitrogens with zero attached hydrogens (tertiary/aromatic N) is 2. The molecule has 0 saturated carbocycles. The minimum atomic E-state index is -1.70. The standard InChI is InChI=1S/C21H19N3O5/c1-2-28-17(26)11-24-14-7-4-3-6-12(14)21(20(24)27)13(10-22)19(23)29-16-9-5-8-15(25)18(16)21/h3-4,6-7H,2,5,8-9,11,23H2,1H3/t21-/m0/s1. The van der Waals surface area contributed by atoms with Crippen LogP contribution in [0, 0.1) is 11.3 Å². The number of esters is 1. The third-order valence-corrected chi connectivity index (χ3v) is 5.46. The Morgan fingerprint density at radius 2 is 2.10 bits per heavy atom. The van der Waals surface area contributed by atoms with Crippen LogP contribution < -0.4 is 10.6 Å². The molecule has 4 rings (SSSR count). The number of ether oxygens (including phenoxy) is 2. The van der Waals surface area contributed by atoms with E-state index in [9.17, 15) is 19.6 Å². The topological polar surface area (TPSA) is 123 Å². The molecule has 1 amide bonds. The van der Waals surface area contributed by atoms with Crippen molar-refractivity contribution in [3.8, 4) is 6.07 Å². The van der Waals surface area contributed by atoms with Gasteiger partial charge in [0.15, 0.2) is 5.78 Å². The molecule has 0 unspecified atom stereocenters. The largest absolute Gasteiger partial charge is 0.465 e. The van der Waals surface area contributed by atoms with Crippen molar-refractivity contribution in [1.82, 2.24) is 0 Å². The van der Waals surface area contributed by atoms with Crippen LogP contribution in [0.3, 0.4) is 0 Å². The summed E-state index contributed by atoms with van der Waals surface area (Å²) in [6, 6.07) is 8.79. The van der Waals surface area contributed by atoms with Crippen molar-refractivity contribution >= 4 is 23.3 Å². The Kier molecular flexibility index (Phi) is 4.38. The molecule has 1 atom stereocenters. The summed E-state index contributed by atoms with van der Waals surface area (Å²) < 4.78 is 10.6. The molecule has 148 valence electrons. The van der Waals surface area contributed by atoms with Gasteiger partial charge in [-0.15, -0.1) is 0 Å². The number of benzene rings is 1. The van der Waals surface area contributed by atoms with E-state index in [1.54, 1.807) is 31.2 Å². The van der Waals surface area contributed by atoms with Gasteiger partial charge in [-0.25, -0.2) is 0 Å². The van der Waals surface area contributed by atoms with Gasteiger partial charge in [-0.2, -0.15) is 5.26 Å². The number of carbonyl (C=O) groups excluding carboxylic acids is 3. The summed E-state index contributed by atoms with van der Waals surface area (Å²) in [4.78, 5) is 40.2. The number of nitrogens with two attached hydrogens (primary N) is 1. The van der Waals surface area contributed by atoms with E-state index in [2.05, 4.69) is 0 Å². The van der Waals surface area contributed by atoms with Crippen molar-refractivity contribution in [1.29, 1.82) is 5.26 Å². The van der Waals surface area contributed by atoms with Crippen LogP contribution in [0.25, 0.3) is 0 Å². The van der Waals surface area contributed by atoms with E-state index in [0.29, 0.717) is 29.9 Å². The van der Waals surface area contributed by atoms with E-state index in [1.807, 2.05) is 6.07 Å². The van der Waals surface area contributed by atoms with E-state index in [0.717, 1.165) is 0 Å². The molecular weight excluding hydrogens is 374 g/mol. The molecule has 29 heavy (non-hydrogen) atoms. The Labute approximate surface area is 167 Å². The van der Waals surface area contributed by atoms with Crippen LogP contribution in [0.1, 0.15) is 31.7 Å². The summed E-state index contributed by atoms with van der Waals surface area (Å²) in [5.74, 6) is -1.29. The van der Waals surface area contributed by atoms with Gasteiger partial charge < -0.3 is 15.2 Å². The number of Topliss-reactive ketones (excluding diaryl/α,β-unsaturated/α-hetero) is 1. The molecule has 8 heteroatoms. The molecule has 0 fully saturated rings. The highest BCUT2D eigenvalue weighted by molar-refractivity contribution is 6.20. The fourth-order valence-electron chi connectivity index (χ4n) is 4.40. The molecule has 0 bridgehead atoms. The predicted octanol–water partition coefficient (Wildman–Crippen LogP) is 1.57. The second-order valence-electron chi connectivity index (χ2n) is 6.99. The average Bonchev–Trinajstić information content (AvgIpc) is 2.92. The first-order chi connectivity index (χ1) is 14.0. The van der Waals surface area contributed by atoms with Crippen molar-refractivity contribution < 1.29 is 23.9 Å². The first-order valence-corrected chi connectivity index (χ1v) is 9.38. The number of nitriles is 1. The molecule has 0 radical (unpaired) electrons. The lowest BCUT2D eigenvalue weighted by molar-refractivity contribution is -0.142. The van der Waals surface area contributed by atoms with Crippen LogP contribution in [0.15, 0.2) is 47.1 Å². The zero-order valence-electron chi connectivity index (χ0n) is 15.9. The summed E-state index contributed by atoms with van der Waals surface area (Å²) in [5.41, 5.74) is 5.24. The van der Waals surface area contributed by atoms with Gasteiger partial charge in [-0.3, -0.25) is 19.3 Å². The lowest BCUT2D eigenvalue weighted by Gasteiger charge is -2.37. The van der Waals surface area contributed by atoms with Gasteiger partial charge >= 0.3 is 5.97 Å². The van der Waals surface area contributed by atoms with Crippen LogP contribution in [-0.2, 0) is 29.3 Å². The second-order valence-corrected chi connectivity index (χ2v) is 6.99. The number of anilines is 1. The molecule has 2 N–H and O–H groups in total. The SMILES string of the molecule is CCOC(=O)CN1C(=O)[C@]2(C(C#N)=C(N)OC3=C2C(=O)CCC3)c2ccccc21. The highest BCUT2D eigenvalue weighted by Gasteiger charge is 2.62. The van der Waals surface area contributed by atoms with Crippen LogP contribution in [0.5, 0.6) is 0 Å². The maximum Gasteiger partial charge on any atom is 0.326 e. The number of amides is 1. The highest BCUT2D eigenvalue weighted by atomic mass is 16.5. The van der Waals surface area contributed by atoms with E-state index in [1.165, 1.54) is 4.90 Å². The minimum absolute atomic E-state index is 0.129. The van der Waals surface area contributed by atoms with Gasteiger partial charge in [0, 0.05) is 24.1 Å². The van der Waals surface area contributed by atoms with Crippen molar-refractivity contribution in [2.24, 2.45) is 5.73 Å². The first kappa shape index (κ1) is 18.7. The van der Waals surface area contributed by atoms with Gasteiger partial charge in [-0.05, 0) is 19.4 Å². The highest BCUT2D eigenvalue weighted by Crippen LogP contribution is 2.55. The minimum Gasteiger partial charge on any atom is -0.465 e. The van der Waals surface area contributed by atoms with Crippen molar-refractivity contribution in [3.05, 3.63) is 52.6 Å². The molecule has 2 heterocycles. The van der Waals surface area contributed by atoms with Crippen LogP contribution in [0.2, 0.25) is 0 Å². The molecule has 1 aromatic rings. The molecule has 0 saturated heterocycles. The number of carbonyl (C=O) groups is 3. The Hall–Kier alpha value is -3.60. The number of fused-ring (bicyclic) bond motifs is 3. The van der Waals surface area contributed by atoms with E-state index < -0.39 is 17.3 Å². The van der Waals surface area contributed by atoms with Gasteiger partial charge in [0.1, 0.15) is 29.4 Å². The molecular formula is C21H19N3O5. The smallest absolute Gasteiger partial charge is 0.326 e. The number of hydrogen-bond donors (Lipinski definition) is 1. The molecule has 0 aromatic heterocycles. The second kappa shape index (κ2) is 6.78. The molecule has 1 aromatic carbocycles. The van der Waals surface area contributed by atoms with Gasteiger partial charge in [0.05, 0.1) is 12.2 Å². The van der Waals surface area contributed by atoms with Gasteiger partial charge in [0.25, 0.3) is 0 Å². The van der Waals surface area contributed by atoms with E-state index >= 15 is 0 Å². The van der Waals surface area contributed by atoms with Gasteiger partial charge in [-0.1, -0.05) is 18.2 Å². The quantitative estimate of drug-likeness (QED) is 0.773. The third-order valence-electron chi connectivity index (χ3n) is 5.46. The number of ketones is 1. The maximum absolute atomic E-state index is 13.8. The van der Waals surface area contributed by atoms with Crippen LogP contribution >= 0.6 is 0 Å². The lowest BCUT2D eigenvalue weighted by atomic mass is 9.65. The summed E-state index contributed by atoms with van der Waals surface area (Å²) >= 11 is 0. The zero-order chi connectivity index (χ0) is 20.8. The fraction of sp³-hybridized carbons (Fsp3) is 0.333. The van der Waals surface area contributed by atoms with Crippen molar-refractivity contribution in [2.75, 3.05) is 18.1 Å². The monoisotopic (exact) mass is 393 g/mol. The summed E-state index contributed by atoms with van der Waals surface area (Å²) in [7, 11) is 0. The molecule has 1 aliphatic carbocycles. The van der Waals surface area contributed by atoms with Gasteiger partial charge in [0.2, 0.25) is 11.8 Å². The summed E-state index contributed by atoms with van der Waals surface area (Å²) in [6.07, 6.45) is 1.26. The fourth-order valence-corrected chi connectivity index (χ4v) is 4.40. The molecule has 8 nitrogen and oxygen atoms in total. The normalized spacial score (nSPS) is 23.0. The number of rotatable bonds is 3. The number of hydrogen-bond acceptors (Lipinski definition) is 7. The van der Waals surface area contributed by atoms with Crippen molar-refractivity contribution in [2.45, 2.75) is 31.6 Å². The van der Waals surface area contributed by atoms with Crippen LogP contribution in [-0.4, -0.2) is 30.8 Å². The first-order valence-electron chi connectivity index (χ1n) is 9.38. The number of allylic oxidation sites excluding steroid dienone is 1. The average molecular weight is 393 g/mol. The third kappa shape index (κ3) is 2.47. The summed E-state index contributed by atoms with van der Waals surface area (Å²) in [5, 5.41) is 9.90. The molecule has 1 spiro atoms. The Bertz CT molecular complexity index is 1050. The van der Waals surface area contributed by atoms with E-state index in [4.69, 9.17) is 15.2 Å². The predicted molar refractivity (Wildman–Crippen MR) is 101 cm³/mol. The number of para-hydroxylation sites is 1. The van der Waals surface area contributed by atoms with Crippen LogP contribution in [0.4, 0.5) is 5.69 Å². The lowest BCUT2D eigenvalue weighted by Crippen LogP contribution is -2.50. The molecule has 3 aliphatic rings. The van der Waals surface area contributed by atoms with E-state index in [-0.39, 0.29) is 42.4 Å². The Morgan fingerprint density at radius 1 is 1.34 bits per heavy atom.